The van der Waals surface area contributed by atoms with Crippen LogP contribution in [0.15, 0.2) is 77.6 Å². The monoisotopic (exact) mass is 392 g/mol. The van der Waals surface area contributed by atoms with E-state index < -0.39 is 6.04 Å². The van der Waals surface area contributed by atoms with Crippen LogP contribution in [-0.4, -0.2) is 20.6 Å². The van der Waals surface area contributed by atoms with Gasteiger partial charge in [-0.2, -0.15) is 0 Å². The van der Waals surface area contributed by atoms with E-state index in [-0.39, 0.29) is 11.6 Å². The van der Waals surface area contributed by atoms with Gasteiger partial charge in [0.25, 0.3) is 5.91 Å². The third-order valence-corrected chi connectivity index (χ3v) is 4.65. The fraction of sp³-hybridized carbons (Fsp3) is 0.0952. The molecule has 0 saturated carbocycles. The standard InChI is InChI=1S/C21H17ClN4O2/c1-26-12-11-23-20(26)19(15-5-3-2-4-6-15)24-21(27)17-13-18(28-25-17)14-7-9-16(22)10-8-14/h2-13,19H,1H3,(H,24,27)/t19-/m0/s1. The van der Waals surface area contributed by atoms with E-state index in [1.54, 1.807) is 24.4 Å². The van der Waals surface area contributed by atoms with Crippen molar-refractivity contribution in [2.45, 2.75) is 6.04 Å². The Labute approximate surface area is 166 Å². The van der Waals surface area contributed by atoms with Gasteiger partial charge in [-0.05, 0) is 29.8 Å². The molecule has 28 heavy (non-hydrogen) atoms. The van der Waals surface area contributed by atoms with Crippen molar-refractivity contribution in [3.05, 3.63) is 95.2 Å². The Morgan fingerprint density at radius 3 is 2.57 bits per heavy atom. The molecule has 0 aliphatic heterocycles. The second-order valence-electron chi connectivity index (χ2n) is 6.30. The van der Waals surface area contributed by atoms with E-state index in [0.717, 1.165) is 17.0 Å². The molecule has 140 valence electrons. The van der Waals surface area contributed by atoms with Crippen LogP contribution in [0, 0.1) is 0 Å². The molecule has 0 radical (unpaired) electrons. The van der Waals surface area contributed by atoms with Crippen molar-refractivity contribution in [1.82, 2.24) is 20.0 Å². The molecule has 7 heteroatoms. The highest BCUT2D eigenvalue weighted by Crippen LogP contribution is 2.24. The predicted octanol–water partition coefficient (Wildman–Crippen LogP) is 4.25. The highest BCUT2D eigenvalue weighted by molar-refractivity contribution is 6.30. The first-order valence-corrected chi connectivity index (χ1v) is 9.05. The summed E-state index contributed by atoms with van der Waals surface area (Å²) in [5.41, 5.74) is 1.91. The van der Waals surface area contributed by atoms with Gasteiger partial charge in [0.1, 0.15) is 11.9 Å². The van der Waals surface area contributed by atoms with Crippen molar-refractivity contribution < 1.29 is 9.32 Å². The first-order chi connectivity index (χ1) is 13.6. The summed E-state index contributed by atoms with van der Waals surface area (Å²) in [6, 6.07) is 18.0. The number of carbonyl (C=O) groups is 1. The van der Waals surface area contributed by atoms with Gasteiger partial charge in [-0.25, -0.2) is 4.98 Å². The lowest BCUT2D eigenvalue weighted by Gasteiger charge is -2.18. The van der Waals surface area contributed by atoms with Gasteiger partial charge >= 0.3 is 0 Å². The molecule has 6 nitrogen and oxygen atoms in total. The molecule has 0 aliphatic rings. The molecule has 0 fully saturated rings. The zero-order valence-electron chi connectivity index (χ0n) is 15.0. The molecular weight excluding hydrogens is 376 g/mol. The maximum Gasteiger partial charge on any atom is 0.274 e. The van der Waals surface area contributed by atoms with Crippen LogP contribution in [0.5, 0.6) is 0 Å². The number of benzene rings is 2. The second-order valence-corrected chi connectivity index (χ2v) is 6.73. The van der Waals surface area contributed by atoms with Gasteiger partial charge in [-0.15, -0.1) is 0 Å². The molecular formula is C21H17ClN4O2. The van der Waals surface area contributed by atoms with Gasteiger partial charge in [-0.3, -0.25) is 4.79 Å². The smallest absolute Gasteiger partial charge is 0.274 e. The van der Waals surface area contributed by atoms with Crippen LogP contribution in [0.3, 0.4) is 0 Å². The lowest BCUT2D eigenvalue weighted by atomic mass is 10.1. The van der Waals surface area contributed by atoms with Gasteiger partial charge in [0.05, 0.1) is 0 Å². The number of nitrogens with one attached hydrogen (secondary N) is 1. The Balaban J connectivity index is 1.60. The fourth-order valence-electron chi connectivity index (χ4n) is 2.94. The fourth-order valence-corrected chi connectivity index (χ4v) is 3.06. The van der Waals surface area contributed by atoms with Gasteiger partial charge in [0.15, 0.2) is 11.5 Å². The Morgan fingerprint density at radius 1 is 1.14 bits per heavy atom. The summed E-state index contributed by atoms with van der Waals surface area (Å²) in [4.78, 5) is 17.2. The SMILES string of the molecule is Cn1ccnc1[C@@H](NC(=O)c1cc(-c2ccc(Cl)cc2)on1)c1ccccc1. The molecule has 0 aliphatic carbocycles. The van der Waals surface area contributed by atoms with Crippen LogP contribution in [0.2, 0.25) is 5.02 Å². The van der Waals surface area contributed by atoms with Gasteiger partial charge in [0.2, 0.25) is 0 Å². The summed E-state index contributed by atoms with van der Waals surface area (Å²) in [6.45, 7) is 0. The average molecular weight is 393 g/mol. The summed E-state index contributed by atoms with van der Waals surface area (Å²) in [6.07, 6.45) is 3.54. The van der Waals surface area contributed by atoms with E-state index in [0.29, 0.717) is 10.8 Å². The second kappa shape index (κ2) is 7.70. The van der Waals surface area contributed by atoms with E-state index in [2.05, 4.69) is 15.5 Å². The molecule has 4 aromatic rings. The highest BCUT2D eigenvalue weighted by Gasteiger charge is 2.23. The minimum Gasteiger partial charge on any atom is -0.355 e. The summed E-state index contributed by atoms with van der Waals surface area (Å²) in [7, 11) is 1.89. The quantitative estimate of drug-likeness (QED) is 0.551. The van der Waals surface area contributed by atoms with Crippen molar-refractivity contribution in [3.8, 4) is 11.3 Å². The largest absolute Gasteiger partial charge is 0.355 e. The van der Waals surface area contributed by atoms with Crippen LogP contribution in [0.25, 0.3) is 11.3 Å². The van der Waals surface area contributed by atoms with Crippen molar-refractivity contribution in [2.75, 3.05) is 0 Å². The molecule has 0 spiro atoms. The summed E-state index contributed by atoms with van der Waals surface area (Å²) in [5.74, 6) is 0.872. The zero-order chi connectivity index (χ0) is 19.5. The summed E-state index contributed by atoms with van der Waals surface area (Å²) < 4.78 is 7.21. The number of aryl methyl sites for hydroxylation is 1. The summed E-state index contributed by atoms with van der Waals surface area (Å²) >= 11 is 5.91. The lowest BCUT2D eigenvalue weighted by molar-refractivity contribution is 0.0932. The number of carbonyl (C=O) groups excluding carboxylic acids is 1. The van der Waals surface area contributed by atoms with Crippen molar-refractivity contribution in [3.63, 3.8) is 0 Å². The number of hydrogen-bond donors (Lipinski definition) is 1. The Bertz CT molecular complexity index is 1090. The Morgan fingerprint density at radius 2 is 1.89 bits per heavy atom. The molecule has 2 aromatic heterocycles. The van der Waals surface area contributed by atoms with Gasteiger partial charge < -0.3 is 14.4 Å². The van der Waals surface area contributed by atoms with Crippen LogP contribution in [-0.2, 0) is 7.05 Å². The molecule has 4 rings (SSSR count). The van der Waals surface area contributed by atoms with Crippen molar-refractivity contribution in [1.29, 1.82) is 0 Å². The van der Waals surface area contributed by atoms with Crippen LogP contribution >= 0.6 is 11.6 Å². The Kier molecular flexibility index (Phi) is 4.95. The van der Waals surface area contributed by atoms with Crippen molar-refractivity contribution in [2.24, 2.45) is 7.05 Å². The number of rotatable bonds is 5. The molecule has 0 unspecified atom stereocenters. The molecule has 1 amide bonds. The lowest BCUT2D eigenvalue weighted by Crippen LogP contribution is -2.31. The third-order valence-electron chi connectivity index (χ3n) is 4.40. The molecule has 1 atom stereocenters. The third kappa shape index (κ3) is 3.68. The van der Waals surface area contributed by atoms with Crippen LogP contribution in [0.1, 0.15) is 27.9 Å². The molecule has 2 aromatic carbocycles. The molecule has 0 saturated heterocycles. The van der Waals surface area contributed by atoms with E-state index >= 15 is 0 Å². The van der Waals surface area contributed by atoms with Crippen LogP contribution in [0.4, 0.5) is 0 Å². The summed E-state index contributed by atoms with van der Waals surface area (Å²) in [5, 5.41) is 7.55. The topological polar surface area (TPSA) is 73.0 Å². The maximum atomic E-state index is 12.8. The predicted molar refractivity (Wildman–Crippen MR) is 106 cm³/mol. The first kappa shape index (κ1) is 18.0. The first-order valence-electron chi connectivity index (χ1n) is 8.67. The van der Waals surface area contributed by atoms with Crippen LogP contribution < -0.4 is 5.32 Å². The average Bonchev–Trinajstić information content (AvgIpc) is 3.37. The van der Waals surface area contributed by atoms with E-state index in [1.165, 1.54) is 0 Å². The molecule has 2 heterocycles. The number of nitrogens with zero attached hydrogens (tertiary/aromatic N) is 3. The van der Waals surface area contributed by atoms with E-state index in [1.807, 2.05) is 60.3 Å². The maximum absolute atomic E-state index is 12.8. The van der Waals surface area contributed by atoms with Gasteiger partial charge in [-0.1, -0.05) is 47.1 Å². The minimum atomic E-state index is -0.413. The van der Waals surface area contributed by atoms with Gasteiger partial charge in [0, 0.05) is 36.1 Å². The zero-order valence-corrected chi connectivity index (χ0v) is 15.8. The van der Waals surface area contributed by atoms with E-state index in [9.17, 15) is 4.79 Å². The number of hydrogen-bond acceptors (Lipinski definition) is 4. The normalized spacial score (nSPS) is 11.9. The molecule has 0 bridgehead atoms. The number of imidazole rings is 1. The number of aromatic nitrogens is 3. The number of halogens is 1. The number of amides is 1. The van der Waals surface area contributed by atoms with E-state index in [4.69, 9.17) is 16.1 Å². The Hall–Kier alpha value is -3.38. The van der Waals surface area contributed by atoms with Crippen molar-refractivity contribution >= 4 is 17.5 Å². The minimum absolute atomic E-state index is 0.195. The highest BCUT2D eigenvalue weighted by atomic mass is 35.5. The molecule has 1 N–H and O–H groups in total.